The number of rotatable bonds is 6. The quantitative estimate of drug-likeness (QED) is 0.802. The summed E-state index contributed by atoms with van der Waals surface area (Å²) in [7, 11) is 0. The summed E-state index contributed by atoms with van der Waals surface area (Å²) >= 11 is 2.51. The zero-order chi connectivity index (χ0) is 15.2. The normalized spacial score (nSPS) is 10.3. The summed E-state index contributed by atoms with van der Waals surface area (Å²) in [5, 5.41) is 13.4. The van der Waals surface area contributed by atoms with E-state index < -0.39 is 5.97 Å². The largest absolute Gasteiger partial charge is 0.477 e. The van der Waals surface area contributed by atoms with Crippen LogP contribution in [0.3, 0.4) is 0 Å². The first-order chi connectivity index (χ1) is 10.0. The summed E-state index contributed by atoms with van der Waals surface area (Å²) in [4.78, 5) is 23.6. The third-order valence-electron chi connectivity index (χ3n) is 2.77. The van der Waals surface area contributed by atoms with E-state index in [2.05, 4.69) is 5.32 Å². The number of carbonyl (C=O) groups is 2. The lowest BCUT2D eigenvalue weighted by molar-refractivity contribution is -0.118. The number of carboxylic acids is 1. The molecule has 0 saturated heterocycles. The van der Waals surface area contributed by atoms with Crippen molar-refractivity contribution in [2.75, 3.05) is 5.75 Å². The number of hydrogen-bond acceptors (Lipinski definition) is 4. The van der Waals surface area contributed by atoms with E-state index in [0.717, 1.165) is 10.5 Å². The number of nitrogens with one attached hydrogen (secondary N) is 1. The lowest BCUT2D eigenvalue weighted by atomic mass is 10.1. The molecular weight excluding hydrogens is 306 g/mol. The highest BCUT2D eigenvalue weighted by Gasteiger charge is 2.09. The predicted octanol–water partition coefficient (Wildman–Crippen LogP) is 3.16. The van der Waals surface area contributed by atoms with E-state index in [1.807, 2.05) is 31.2 Å². The van der Waals surface area contributed by atoms with E-state index in [1.54, 1.807) is 11.4 Å². The van der Waals surface area contributed by atoms with Crippen LogP contribution in [0.1, 0.15) is 20.8 Å². The van der Waals surface area contributed by atoms with Crippen molar-refractivity contribution < 1.29 is 14.7 Å². The van der Waals surface area contributed by atoms with Gasteiger partial charge in [-0.3, -0.25) is 4.79 Å². The van der Waals surface area contributed by atoms with Crippen LogP contribution in [0.4, 0.5) is 0 Å². The molecular formula is C15H15NO3S2. The van der Waals surface area contributed by atoms with Crippen molar-refractivity contribution >= 4 is 35.0 Å². The molecule has 1 aromatic heterocycles. The molecule has 1 amide bonds. The summed E-state index contributed by atoms with van der Waals surface area (Å²) in [6, 6.07) is 9.58. The van der Waals surface area contributed by atoms with Crippen LogP contribution in [0.5, 0.6) is 0 Å². The Morgan fingerprint density at radius 2 is 2.00 bits per heavy atom. The molecule has 0 aliphatic carbocycles. The second-order valence-corrected chi connectivity index (χ2v) is 6.46. The molecule has 110 valence electrons. The summed E-state index contributed by atoms with van der Waals surface area (Å²) in [6.45, 7) is 2.52. The standard InChI is InChI=1S/C15H15NO3S2/c1-10-2-4-11(5-3-10)7-16-14(17)9-20-12-6-13(15(18)19)21-8-12/h2-6,8H,7,9H2,1H3,(H,16,17)(H,18,19). The molecule has 0 saturated carbocycles. The van der Waals surface area contributed by atoms with Crippen LogP contribution in [0, 0.1) is 6.92 Å². The van der Waals surface area contributed by atoms with E-state index in [4.69, 9.17) is 5.11 Å². The average molecular weight is 321 g/mol. The zero-order valence-corrected chi connectivity index (χ0v) is 13.1. The minimum atomic E-state index is -0.935. The number of thioether (sulfide) groups is 1. The number of benzene rings is 1. The lowest BCUT2D eigenvalue weighted by Gasteiger charge is -2.05. The van der Waals surface area contributed by atoms with Crippen LogP contribution in [0.25, 0.3) is 0 Å². The lowest BCUT2D eigenvalue weighted by Crippen LogP contribution is -2.24. The Bertz CT molecular complexity index is 635. The average Bonchev–Trinajstić information content (AvgIpc) is 2.93. The maximum atomic E-state index is 11.8. The minimum absolute atomic E-state index is 0.0661. The third kappa shape index (κ3) is 4.91. The number of aryl methyl sites for hydroxylation is 1. The van der Waals surface area contributed by atoms with E-state index in [9.17, 15) is 9.59 Å². The monoisotopic (exact) mass is 321 g/mol. The maximum Gasteiger partial charge on any atom is 0.345 e. The van der Waals surface area contributed by atoms with Gasteiger partial charge in [-0.1, -0.05) is 29.8 Å². The molecule has 21 heavy (non-hydrogen) atoms. The van der Waals surface area contributed by atoms with E-state index in [-0.39, 0.29) is 16.5 Å². The number of aromatic carboxylic acids is 1. The second-order valence-electron chi connectivity index (χ2n) is 4.50. The van der Waals surface area contributed by atoms with Crippen molar-refractivity contribution in [3.05, 3.63) is 51.7 Å². The molecule has 2 aromatic rings. The topological polar surface area (TPSA) is 66.4 Å². The molecule has 0 spiro atoms. The number of thiophene rings is 1. The predicted molar refractivity (Wildman–Crippen MR) is 85.0 cm³/mol. The van der Waals surface area contributed by atoms with Gasteiger partial charge in [0.1, 0.15) is 4.88 Å². The van der Waals surface area contributed by atoms with Gasteiger partial charge in [0.2, 0.25) is 5.91 Å². The molecule has 6 heteroatoms. The Balaban J connectivity index is 1.76. The van der Waals surface area contributed by atoms with Crippen molar-refractivity contribution in [2.45, 2.75) is 18.4 Å². The van der Waals surface area contributed by atoms with Gasteiger partial charge in [-0.25, -0.2) is 4.79 Å². The van der Waals surface area contributed by atoms with Crippen molar-refractivity contribution in [1.82, 2.24) is 5.32 Å². The second kappa shape index (κ2) is 7.28. The highest BCUT2D eigenvalue weighted by Crippen LogP contribution is 2.24. The Hall–Kier alpha value is -1.79. The van der Waals surface area contributed by atoms with Gasteiger partial charge in [-0.05, 0) is 18.6 Å². The fourth-order valence-corrected chi connectivity index (χ4v) is 3.31. The smallest absolute Gasteiger partial charge is 0.345 e. The van der Waals surface area contributed by atoms with Gasteiger partial charge in [0.15, 0.2) is 0 Å². The minimum Gasteiger partial charge on any atom is -0.477 e. The number of amides is 1. The molecule has 0 aliphatic rings. The molecule has 0 fully saturated rings. The van der Waals surface area contributed by atoms with Gasteiger partial charge in [0, 0.05) is 16.8 Å². The molecule has 1 heterocycles. The number of carbonyl (C=O) groups excluding carboxylic acids is 1. The molecule has 2 rings (SSSR count). The van der Waals surface area contributed by atoms with Crippen LogP contribution in [-0.2, 0) is 11.3 Å². The van der Waals surface area contributed by atoms with Gasteiger partial charge in [-0.2, -0.15) is 0 Å². The summed E-state index contributed by atoms with van der Waals surface area (Å²) in [6.07, 6.45) is 0. The number of carboxylic acid groups (broad SMARTS) is 1. The van der Waals surface area contributed by atoms with E-state index >= 15 is 0 Å². The van der Waals surface area contributed by atoms with Crippen LogP contribution < -0.4 is 5.32 Å². The summed E-state index contributed by atoms with van der Waals surface area (Å²) in [5.41, 5.74) is 2.25. The van der Waals surface area contributed by atoms with Crippen LogP contribution in [0.2, 0.25) is 0 Å². The van der Waals surface area contributed by atoms with Gasteiger partial charge in [-0.15, -0.1) is 23.1 Å². The fraction of sp³-hybridized carbons (Fsp3) is 0.200. The molecule has 0 radical (unpaired) electrons. The Kier molecular flexibility index (Phi) is 5.41. The molecule has 0 bridgehead atoms. The number of hydrogen-bond donors (Lipinski definition) is 2. The van der Waals surface area contributed by atoms with Gasteiger partial charge >= 0.3 is 5.97 Å². The van der Waals surface area contributed by atoms with Gasteiger partial charge in [0.25, 0.3) is 0 Å². The summed E-state index contributed by atoms with van der Waals surface area (Å²) in [5.74, 6) is -0.721. The van der Waals surface area contributed by atoms with Crippen LogP contribution >= 0.6 is 23.1 Å². The van der Waals surface area contributed by atoms with Crippen molar-refractivity contribution in [1.29, 1.82) is 0 Å². The third-order valence-corrected chi connectivity index (χ3v) is 4.81. The maximum absolute atomic E-state index is 11.8. The Morgan fingerprint density at radius 3 is 2.62 bits per heavy atom. The molecule has 0 aliphatic heterocycles. The highest BCUT2D eigenvalue weighted by molar-refractivity contribution is 8.00. The molecule has 1 aromatic carbocycles. The van der Waals surface area contributed by atoms with Crippen molar-refractivity contribution in [3.63, 3.8) is 0 Å². The van der Waals surface area contributed by atoms with Crippen LogP contribution in [0.15, 0.2) is 40.6 Å². The highest BCUT2D eigenvalue weighted by atomic mass is 32.2. The molecule has 0 unspecified atom stereocenters. The van der Waals surface area contributed by atoms with Gasteiger partial charge in [0.05, 0.1) is 5.75 Å². The Labute approximate surface area is 131 Å². The molecule has 4 nitrogen and oxygen atoms in total. The fourth-order valence-electron chi connectivity index (χ4n) is 1.61. The first-order valence-electron chi connectivity index (χ1n) is 6.31. The first-order valence-corrected chi connectivity index (χ1v) is 8.18. The van der Waals surface area contributed by atoms with E-state index in [0.29, 0.717) is 6.54 Å². The van der Waals surface area contributed by atoms with Crippen LogP contribution in [-0.4, -0.2) is 22.7 Å². The van der Waals surface area contributed by atoms with Crippen molar-refractivity contribution in [2.24, 2.45) is 0 Å². The van der Waals surface area contributed by atoms with E-state index in [1.165, 1.54) is 28.7 Å². The first kappa shape index (κ1) is 15.6. The van der Waals surface area contributed by atoms with Crippen molar-refractivity contribution in [3.8, 4) is 0 Å². The SMILES string of the molecule is Cc1ccc(CNC(=O)CSc2csc(C(=O)O)c2)cc1. The Morgan fingerprint density at radius 1 is 1.29 bits per heavy atom. The zero-order valence-electron chi connectivity index (χ0n) is 11.5. The molecule has 0 atom stereocenters. The summed E-state index contributed by atoms with van der Waals surface area (Å²) < 4.78 is 0. The van der Waals surface area contributed by atoms with Gasteiger partial charge < -0.3 is 10.4 Å². The molecule has 2 N–H and O–H groups in total.